The largest absolute Gasteiger partial charge is 0.496 e. The van der Waals surface area contributed by atoms with E-state index in [-0.39, 0.29) is 6.04 Å². The minimum Gasteiger partial charge on any atom is -0.496 e. The van der Waals surface area contributed by atoms with Crippen molar-refractivity contribution in [2.75, 3.05) is 12.4 Å². The van der Waals surface area contributed by atoms with Crippen molar-refractivity contribution in [1.82, 2.24) is 15.0 Å². The zero-order valence-corrected chi connectivity index (χ0v) is 16.1. The second-order valence-corrected chi connectivity index (χ2v) is 6.31. The number of rotatable bonds is 7. The van der Waals surface area contributed by atoms with Crippen LogP contribution in [0.2, 0.25) is 0 Å². The number of hydrogen-bond acceptors (Lipinski definition) is 5. The lowest BCUT2D eigenvalue weighted by Gasteiger charge is -2.15. The molecule has 144 valence electrons. The summed E-state index contributed by atoms with van der Waals surface area (Å²) in [5.74, 6) is 0.755. The van der Waals surface area contributed by atoms with Crippen molar-refractivity contribution in [3.8, 4) is 17.0 Å². The molecule has 2 heterocycles. The van der Waals surface area contributed by atoms with Crippen molar-refractivity contribution in [3.63, 3.8) is 0 Å². The van der Waals surface area contributed by atoms with Gasteiger partial charge in [-0.15, -0.1) is 0 Å². The van der Waals surface area contributed by atoms with Gasteiger partial charge in [-0.1, -0.05) is 18.7 Å². The number of carbonyl (C=O) groups is 1. The maximum Gasteiger partial charge on any atom is 0.248 e. The lowest BCUT2D eigenvalue weighted by molar-refractivity contribution is 0.1000. The molecule has 1 aromatic carbocycles. The van der Waals surface area contributed by atoms with Crippen LogP contribution in [0.15, 0.2) is 54.9 Å². The summed E-state index contributed by atoms with van der Waals surface area (Å²) < 4.78 is 5.44. The normalized spacial score (nSPS) is 12.6. The highest BCUT2D eigenvalue weighted by molar-refractivity contribution is 5.95. The van der Waals surface area contributed by atoms with E-state index >= 15 is 0 Å². The first-order valence-corrected chi connectivity index (χ1v) is 8.85. The van der Waals surface area contributed by atoms with E-state index in [9.17, 15) is 4.79 Å². The fourth-order valence-electron chi connectivity index (χ4n) is 3.10. The highest BCUT2D eigenvalue weighted by Gasteiger charge is 2.15. The smallest absolute Gasteiger partial charge is 0.248 e. The van der Waals surface area contributed by atoms with Crippen molar-refractivity contribution in [2.45, 2.75) is 19.9 Å². The highest BCUT2D eigenvalue weighted by Crippen LogP contribution is 2.33. The van der Waals surface area contributed by atoms with Crippen LogP contribution >= 0.6 is 0 Å². The van der Waals surface area contributed by atoms with Crippen LogP contribution in [0.3, 0.4) is 0 Å². The van der Waals surface area contributed by atoms with Crippen LogP contribution in [0.4, 0.5) is 5.82 Å². The number of aromatic nitrogens is 3. The summed E-state index contributed by atoms with van der Waals surface area (Å²) >= 11 is 0. The number of nitrogens with zero attached hydrogens (tertiary/aromatic N) is 2. The second kappa shape index (κ2) is 7.96. The van der Waals surface area contributed by atoms with Crippen LogP contribution in [0.5, 0.6) is 5.75 Å². The fraction of sp³-hybridized carbons (Fsp3) is 0.190. The summed E-state index contributed by atoms with van der Waals surface area (Å²) in [7, 11) is 1.55. The van der Waals surface area contributed by atoms with Crippen molar-refractivity contribution in [2.24, 2.45) is 5.73 Å². The fourth-order valence-corrected chi connectivity index (χ4v) is 3.10. The summed E-state index contributed by atoms with van der Waals surface area (Å²) in [6, 6.07) is 7.08. The van der Waals surface area contributed by atoms with E-state index in [2.05, 4.69) is 26.8 Å². The molecule has 0 radical (unpaired) electrons. The maximum atomic E-state index is 11.4. The molecule has 4 N–H and O–H groups in total. The number of benzene rings is 1. The molecule has 0 saturated heterocycles. The van der Waals surface area contributed by atoms with E-state index in [1.54, 1.807) is 25.3 Å². The number of carbonyl (C=O) groups excluding carboxylic acids is 1. The molecule has 0 bridgehead atoms. The average Bonchev–Trinajstić information content (AvgIpc) is 3.13. The lowest BCUT2D eigenvalue weighted by Crippen LogP contribution is -2.17. The van der Waals surface area contributed by atoms with Gasteiger partial charge in [-0.05, 0) is 43.7 Å². The SMILES string of the molecule is C=CC(=CC)C(C)Nc1ncnc2[nH]c(-c3ccc(C(N)=O)cc3OC)cc12. The number of hydrogen-bond donors (Lipinski definition) is 3. The molecule has 0 fully saturated rings. The van der Waals surface area contributed by atoms with Gasteiger partial charge in [-0.3, -0.25) is 4.79 Å². The summed E-state index contributed by atoms with van der Waals surface area (Å²) in [5, 5.41) is 4.25. The van der Waals surface area contributed by atoms with Crippen molar-refractivity contribution in [1.29, 1.82) is 0 Å². The van der Waals surface area contributed by atoms with Gasteiger partial charge in [0.2, 0.25) is 5.91 Å². The molecular weight excluding hydrogens is 354 g/mol. The minimum absolute atomic E-state index is 0.0448. The molecule has 0 aliphatic carbocycles. The number of primary amides is 1. The van der Waals surface area contributed by atoms with E-state index in [1.165, 1.54) is 6.33 Å². The Labute approximate surface area is 163 Å². The van der Waals surface area contributed by atoms with Gasteiger partial charge in [-0.25, -0.2) is 9.97 Å². The zero-order chi connectivity index (χ0) is 20.3. The molecule has 0 spiro atoms. The predicted octanol–water partition coefficient (Wildman–Crippen LogP) is 3.67. The summed E-state index contributed by atoms with van der Waals surface area (Å²) in [5.41, 5.74) is 9.11. The maximum absolute atomic E-state index is 11.4. The Morgan fingerprint density at radius 2 is 2.14 bits per heavy atom. The Balaban J connectivity index is 2.04. The van der Waals surface area contributed by atoms with Gasteiger partial charge >= 0.3 is 0 Å². The number of aromatic amines is 1. The Morgan fingerprint density at radius 3 is 2.79 bits per heavy atom. The van der Waals surface area contributed by atoms with E-state index in [0.717, 1.165) is 22.2 Å². The Morgan fingerprint density at radius 1 is 1.36 bits per heavy atom. The van der Waals surface area contributed by atoms with Crippen molar-refractivity contribution < 1.29 is 9.53 Å². The van der Waals surface area contributed by atoms with E-state index in [0.29, 0.717) is 22.8 Å². The van der Waals surface area contributed by atoms with Crippen LogP contribution in [0.25, 0.3) is 22.3 Å². The third kappa shape index (κ3) is 3.59. The zero-order valence-electron chi connectivity index (χ0n) is 16.1. The first-order chi connectivity index (χ1) is 13.5. The number of fused-ring (bicyclic) bond motifs is 1. The van der Waals surface area contributed by atoms with E-state index in [1.807, 2.05) is 32.1 Å². The molecule has 3 rings (SSSR count). The van der Waals surface area contributed by atoms with Crippen LogP contribution in [0.1, 0.15) is 24.2 Å². The van der Waals surface area contributed by atoms with Gasteiger partial charge in [0.1, 0.15) is 23.5 Å². The molecule has 0 saturated carbocycles. The number of amides is 1. The average molecular weight is 377 g/mol. The molecule has 3 aromatic rings. The standard InChI is InChI=1S/C21H23N5O2/c1-5-13(6-2)12(3)25-20-16-10-17(26-21(16)24-11-23-20)15-8-7-14(19(22)27)9-18(15)28-4/h5-12H,1H2,2-4H3,(H2,22,27)(H2,23,24,25,26). The number of nitrogens with one attached hydrogen (secondary N) is 2. The Hall–Kier alpha value is -3.61. The molecule has 7 heteroatoms. The molecule has 1 unspecified atom stereocenters. The van der Waals surface area contributed by atoms with Gasteiger partial charge in [0, 0.05) is 17.2 Å². The number of ether oxygens (including phenoxy) is 1. The molecule has 7 nitrogen and oxygen atoms in total. The van der Waals surface area contributed by atoms with E-state index < -0.39 is 5.91 Å². The topological polar surface area (TPSA) is 106 Å². The first-order valence-electron chi connectivity index (χ1n) is 8.85. The predicted molar refractivity (Wildman–Crippen MR) is 111 cm³/mol. The van der Waals surface area contributed by atoms with Crippen molar-refractivity contribution >= 4 is 22.8 Å². The highest BCUT2D eigenvalue weighted by atomic mass is 16.5. The lowest BCUT2D eigenvalue weighted by atomic mass is 10.1. The third-order valence-corrected chi connectivity index (χ3v) is 4.62. The number of anilines is 1. The number of methoxy groups -OCH3 is 1. The van der Waals surface area contributed by atoms with Gasteiger partial charge in [0.25, 0.3) is 0 Å². The summed E-state index contributed by atoms with van der Waals surface area (Å²) in [6.45, 7) is 7.86. The molecule has 1 amide bonds. The number of nitrogens with two attached hydrogens (primary N) is 1. The molecule has 28 heavy (non-hydrogen) atoms. The third-order valence-electron chi connectivity index (χ3n) is 4.62. The van der Waals surface area contributed by atoms with Crippen LogP contribution in [0, 0.1) is 0 Å². The molecule has 0 aliphatic rings. The second-order valence-electron chi connectivity index (χ2n) is 6.31. The number of allylic oxidation sites excluding steroid dienone is 1. The minimum atomic E-state index is -0.505. The first kappa shape index (κ1) is 19.2. The van der Waals surface area contributed by atoms with Crippen LogP contribution in [-0.4, -0.2) is 34.0 Å². The van der Waals surface area contributed by atoms with Crippen LogP contribution < -0.4 is 15.8 Å². The number of H-pyrrole nitrogens is 1. The van der Waals surface area contributed by atoms with Crippen LogP contribution in [-0.2, 0) is 0 Å². The quantitative estimate of drug-likeness (QED) is 0.545. The molecule has 1 atom stereocenters. The Kier molecular flexibility index (Phi) is 5.44. The molecule has 2 aromatic heterocycles. The molecule has 0 aliphatic heterocycles. The van der Waals surface area contributed by atoms with Gasteiger partial charge in [0.15, 0.2) is 0 Å². The van der Waals surface area contributed by atoms with Crippen molar-refractivity contribution in [3.05, 3.63) is 60.5 Å². The monoisotopic (exact) mass is 377 g/mol. The van der Waals surface area contributed by atoms with Gasteiger partial charge in [-0.2, -0.15) is 0 Å². The summed E-state index contributed by atoms with van der Waals surface area (Å²) in [4.78, 5) is 23.4. The summed E-state index contributed by atoms with van der Waals surface area (Å²) in [6.07, 6.45) is 5.34. The van der Waals surface area contributed by atoms with E-state index in [4.69, 9.17) is 10.5 Å². The molecular formula is C21H23N5O2. The Bertz CT molecular complexity index is 1070. The van der Waals surface area contributed by atoms with Gasteiger partial charge in [0.05, 0.1) is 18.2 Å². The van der Waals surface area contributed by atoms with Gasteiger partial charge < -0.3 is 20.8 Å².